The summed E-state index contributed by atoms with van der Waals surface area (Å²) < 4.78 is 5.79. The summed E-state index contributed by atoms with van der Waals surface area (Å²) in [6.07, 6.45) is 1.96. The Kier molecular flexibility index (Phi) is 4.45. The van der Waals surface area contributed by atoms with Crippen molar-refractivity contribution in [2.45, 2.75) is 32.2 Å². The molecule has 0 bridgehead atoms. The molecule has 1 atom stereocenters. The van der Waals surface area contributed by atoms with Crippen molar-refractivity contribution in [2.24, 2.45) is 10.7 Å². The van der Waals surface area contributed by atoms with Gasteiger partial charge < -0.3 is 10.2 Å². The van der Waals surface area contributed by atoms with Crippen LogP contribution in [0.15, 0.2) is 52.0 Å². The summed E-state index contributed by atoms with van der Waals surface area (Å²) in [7, 11) is 1.60. The van der Waals surface area contributed by atoms with Gasteiger partial charge in [0, 0.05) is 30.6 Å². The van der Waals surface area contributed by atoms with E-state index in [0.29, 0.717) is 17.0 Å². The zero-order valence-electron chi connectivity index (χ0n) is 16.6. The molecular formula is C22H22N4O3. The highest BCUT2D eigenvalue weighted by Gasteiger charge is 2.37. The van der Waals surface area contributed by atoms with E-state index < -0.39 is 5.54 Å². The highest BCUT2D eigenvalue weighted by molar-refractivity contribution is 6.01. The van der Waals surface area contributed by atoms with Gasteiger partial charge in [-0.25, -0.2) is 4.99 Å². The summed E-state index contributed by atoms with van der Waals surface area (Å²) in [6.45, 7) is 3.71. The molecule has 1 amide bonds. The number of aryl methyl sites for hydroxylation is 1. The maximum atomic E-state index is 12.9. The lowest BCUT2D eigenvalue weighted by molar-refractivity contribution is -0.128. The number of rotatable bonds is 4. The number of carbonyl (C=O) groups is 2. The minimum atomic E-state index is -0.859. The quantitative estimate of drug-likeness (QED) is 0.690. The second-order valence-corrected chi connectivity index (χ2v) is 7.58. The molecule has 0 fully saturated rings. The van der Waals surface area contributed by atoms with Crippen molar-refractivity contribution < 1.29 is 14.0 Å². The van der Waals surface area contributed by atoms with E-state index in [2.05, 4.69) is 9.98 Å². The van der Waals surface area contributed by atoms with Crippen LogP contribution in [0.1, 0.15) is 40.7 Å². The number of nitrogens with zero attached hydrogens (tertiary/aromatic N) is 3. The van der Waals surface area contributed by atoms with Crippen LogP contribution in [0.2, 0.25) is 0 Å². The van der Waals surface area contributed by atoms with E-state index in [4.69, 9.17) is 10.2 Å². The van der Waals surface area contributed by atoms with Crippen molar-refractivity contribution in [1.29, 1.82) is 0 Å². The molecule has 1 aliphatic rings. The Hall–Kier alpha value is -3.48. The number of aromatic nitrogens is 1. The van der Waals surface area contributed by atoms with E-state index in [0.717, 1.165) is 16.5 Å². The fraction of sp³-hybridized carbons (Fsp3) is 0.273. The van der Waals surface area contributed by atoms with Crippen molar-refractivity contribution >= 4 is 28.6 Å². The predicted molar refractivity (Wildman–Crippen MR) is 110 cm³/mol. The molecule has 3 heterocycles. The number of hydrogen-bond donors (Lipinski definition) is 1. The van der Waals surface area contributed by atoms with Crippen molar-refractivity contribution in [3.05, 3.63) is 65.2 Å². The van der Waals surface area contributed by atoms with E-state index in [1.54, 1.807) is 19.3 Å². The number of para-hydroxylation sites is 1. The van der Waals surface area contributed by atoms with Crippen LogP contribution in [-0.4, -0.2) is 34.6 Å². The van der Waals surface area contributed by atoms with Crippen LogP contribution in [0.4, 0.5) is 0 Å². The van der Waals surface area contributed by atoms with Crippen LogP contribution in [0.5, 0.6) is 0 Å². The van der Waals surface area contributed by atoms with Gasteiger partial charge >= 0.3 is 0 Å². The first-order chi connectivity index (χ1) is 13.8. The van der Waals surface area contributed by atoms with Gasteiger partial charge in [-0.15, -0.1) is 0 Å². The van der Waals surface area contributed by atoms with Gasteiger partial charge in [-0.2, -0.15) is 0 Å². The zero-order chi connectivity index (χ0) is 20.8. The molecule has 29 heavy (non-hydrogen) atoms. The number of furan rings is 1. The molecule has 2 N–H and O–H groups in total. The first kappa shape index (κ1) is 18.9. The van der Waals surface area contributed by atoms with Gasteiger partial charge in [-0.05, 0) is 37.6 Å². The number of benzene rings is 1. The van der Waals surface area contributed by atoms with E-state index in [-0.39, 0.29) is 30.5 Å². The third-order valence-electron chi connectivity index (χ3n) is 5.41. The number of aliphatic imine (C=N–C) groups is 1. The summed E-state index contributed by atoms with van der Waals surface area (Å²) in [5.74, 6) is 0.294. The average Bonchev–Trinajstić information content (AvgIpc) is 3.03. The van der Waals surface area contributed by atoms with Crippen LogP contribution in [0, 0.1) is 6.92 Å². The molecule has 7 nitrogen and oxygen atoms in total. The summed E-state index contributed by atoms with van der Waals surface area (Å²) in [6, 6.07) is 11.2. The zero-order valence-corrected chi connectivity index (χ0v) is 16.6. The first-order valence-corrected chi connectivity index (χ1v) is 9.37. The van der Waals surface area contributed by atoms with Crippen molar-refractivity contribution in [1.82, 2.24) is 9.88 Å². The molecule has 3 aromatic rings. The number of hydrogen-bond acceptors (Lipinski definition) is 6. The fourth-order valence-electron chi connectivity index (χ4n) is 3.64. The fourth-order valence-corrected chi connectivity index (χ4v) is 3.64. The molecule has 7 heteroatoms. The summed E-state index contributed by atoms with van der Waals surface area (Å²) in [5, 5.41) is 0.938. The van der Waals surface area contributed by atoms with Crippen LogP contribution >= 0.6 is 0 Å². The van der Waals surface area contributed by atoms with Crippen molar-refractivity contribution in [2.75, 3.05) is 7.05 Å². The molecule has 0 spiro atoms. The molecule has 1 aliphatic heterocycles. The molecule has 0 radical (unpaired) electrons. The molecule has 1 aromatic carbocycles. The number of guanidine groups is 1. The smallest absolute Gasteiger partial charge is 0.231 e. The third kappa shape index (κ3) is 3.29. The van der Waals surface area contributed by atoms with Gasteiger partial charge in [0.15, 0.2) is 11.7 Å². The van der Waals surface area contributed by atoms with Gasteiger partial charge in [0.2, 0.25) is 11.7 Å². The van der Waals surface area contributed by atoms with Crippen LogP contribution < -0.4 is 5.73 Å². The molecule has 148 valence electrons. The van der Waals surface area contributed by atoms with Crippen molar-refractivity contribution in [3.8, 4) is 0 Å². The van der Waals surface area contributed by atoms with Gasteiger partial charge in [0.25, 0.3) is 0 Å². The number of amides is 1. The second-order valence-electron chi connectivity index (χ2n) is 7.58. The monoisotopic (exact) mass is 390 g/mol. The number of ketones is 1. The second kappa shape index (κ2) is 6.84. The minimum absolute atomic E-state index is 0.108. The van der Waals surface area contributed by atoms with E-state index >= 15 is 0 Å². The Balaban J connectivity index is 1.63. The van der Waals surface area contributed by atoms with E-state index in [1.807, 2.05) is 44.2 Å². The maximum absolute atomic E-state index is 12.9. The lowest BCUT2D eigenvalue weighted by Crippen LogP contribution is -2.47. The number of Topliss-reactive ketones (excluding diaryl/α,β-unsaturated/α-hetero) is 1. The van der Waals surface area contributed by atoms with Gasteiger partial charge in [-0.1, -0.05) is 18.2 Å². The molecule has 1 unspecified atom stereocenters. The first-order valence-electron chi connectivity index (χ1n) is 9.37. The van der Waals surface area contributed by atoms with E-state index in [9.17, 15) is 9.59 Å². The number of nitrogens with two attached hydrogens (primary N) is 1. The minimum Gasteiger partial charge on any atom is -0.453 e. The Bertz CT molecular complexity index is 1160. The topological polar surface area (TPSA) is 102 Å². The van der Waals surface area contributed by atoms with Crippen LogP contribution in [-0.2, 0) is 16.8 Å². The maximum Gasteiger partial charge on any atom is 0.231 e. The lowest BCUT2D eigenvalue weighted by atomic mass is 9.90. The Morgan fingerprint density at radius 2 is 2.07 bits per heavy atom. The highest BCUT2D eigenvalue weighted by Crippen LogP contribution is 2.32. The van der Waals surface area contributed by atoms with Crippen LogP contribution in [0.25, 0.3) is 11.0 Å². The summed E-state index contributed by atoms with van der Waals surface area (Å²) in [5.41, 5.74) is 7.95. The molecule has 0 aliphatic carbocycles. The van der Waals surface area contributed by atoms with Gasteiger partial charge in [0.05, 0.1) is 12.1 Å². The third-order valence-corrected chi connectivity index (χ3v) is 5.41. The van der Waals surface area contributed by atoms with Crippen LogP contribution in [0.3, 0.4) is 0 Å². The Morgan fingerprint density at radius 1 is 1.31 bits per heavy atom. The molecule has 2 aromatic heterocycles. The molecule has 4 rings (SSSR count). The average molecular weight is 390 g/mol. The normalized spacial score (nSPS) is 19.5. The van der Waals surface area contributed by atoms with Gasteiger partial charge in [-0.3, -0.25) is 19.5 Å². The summed E-state index contributed by atoms with van der Waals surface area (Å²) in [4.78, 5) is 35.3. The SMILES string of the molecule is Cc1c(C(=O)Cc2ccnc(C3(C)CC(=O)N(C)C(N)=N3)c2)oc2ccccc12. The molecular weight excluding hydrogens is 368 g/mol. The molecule has 0 saturated carbocycles. The number of fused-ring (bicyclic) bond motifs is 1. The predicted octanol–water partition coefficient (Wildman–Crippen LogP) is 2.95. The summed E-state index contributed by atoms with van der Waals surface area (Å²) >= 11 is 0. The van der Waals surface area contributed by atoms with Gasteiger partial charge in [0.1, 0.15) is 11.1 Å². The number of pyridine rings is 1. The Labute approximate surface area is 168 Å². The van der Waals surface area contributed by atoms with E-state index in [1.165, 1.54) is 4.90 Å². The van der Waals surface area contributed by atoms with Crippen molar-refractivity contribution in [3.63, 3.8) is 0 Å². The number of carbonyl (C=O) groups excluding carboxylic acids is 2. The Morgan fingerprint density at radius 3 is 2.79 bits per heavy atom. The largest absolute Gasteiger partial charge is 0.453 e. The lowest BCUT2D eigenvalue weighted by Gasteiger charge is -2.32. The standard InChI is InChI=1S/C22H22N4O3/c1-13-15-6-4-5-7-17(15)29-20(13)16(27)10-14-8-9-24-18(11-14)22(2)12-19(28)26(3)21(23)25-22/h4-9,11H,10,12H2,1-3H3,(H2,23,25). The highest BCUT2D eigenvalue weighted by atomic mass is 16.3. The molecule has 0 saturated heterocycles.